The molecule has 0 amide bonds. The van der Waals surface area contributed by atoms with Crippen LogP contribution in [0.25, 0.3) is 0 Å². The van der Waals surface area contributed by atoms with E-state index < -0.39 is 11.9 Å². The van der Waals surface area contributed by atoms with Gasteiger partial charge in [-0.25, -0.2) is 9.59 Å². The first kappa shape index (κ1) is 21.4. The number of rotatable bonds is 4. The number of hydrogen-bond acceptors (Lipinski definition) is 7. The summed E-state index contributed by atoms with van der Waals surface area (Å²) in [6.07, 6.45) is 0. The van der Waals surface area contributed by atoms with Gasteiger partial charge in [0.15, 0.2) is 17.2 Å². The summed E-state index contributed by atoms with van der Waals surface area (Å²) in [6.45, 7) is 9.35. The molecule has 30 heavy (non-hydrogen) atoms. The average Bonchev–Trinajstić information content (AvgIpc) is 2.77. The summed E-state index contributed by atoms with van der Waals surface area (Å²) >= 11 is 0. The maximum absolute atomic E-state index is 13.0. The molecule has 3 N–H and O–H groups in total. The molecular formula is C22H25NO7. The van der Waals surface area contributed by atoms with Crippen molar-refractivity contribution in [1.29, 1.82) is 0 Å². The Morgan fingerprint density at radius 1 is 1.13 bits per heavy atom. The molecule has 0 fully saturated rings. The number of phenols is 1. The maximum atomic E-state index is 13.0. The highest BCUT2D eigenvalue weighted by Gasteiger charge is 2.34. The lowest BCUT2D eigenvalue weighted by Crippen LogP contribution is -2.35. The predicted octanol–water partition coefficient (Wildman–Crippen LogP) is 3.93. The van der Waals surface area contributed by atoms with Gasteiger partial charge >= 0.3 is 11.9 Å². The lowest BCUT2D eigenvalue weighted by atomic mass is 10.0. The second kappa shape index (κ2) is 7.53. The number of carbonyl (C=O) groups excluding carboxylic acids is 1. The van der Waals surface area contributed by atoms with Crippen molar-refractivity contribution in [2.24, 2.45) is 0 Å². The van der Waals surface area contributed by atoms with Crippen LogP contribution in [0, 0.1) is 13.8 Å². The van der Waals surface area contributed by atoms with Gasteiger partial charge in [-0.3, -0.25) is 0 Å². The second-order valence-electron chi connectivity index (χ2n) is 8.21. The molecule has 0 atom stereocenters. The van der Waals surface area contributed by atoms with Crippen LogP contribution in [-0.4, -0.2) is 34.8 Å². The number of aromatic hydroxyl groups is 1. The highest BCUT2D eigenvalue weighted by molar-refractivity contribution is 6.00. The highest BCUT2D eigenvalue weighted by Crippen LogP contribution is 2.48. The van der Waals surface area contributed by atoms with Crippen molar-refractivity contribution in [2.45, 2.75) is 46.7 Å². The topological polar surface area (TPSA) is 114 Å². The molecule has 0 spiro atoms. The monoisotopic (exact) mass is 415 g/mol. The Labute approximate surface area is 174 Å². The molecular weight excluding hydrogens is 390 g/mol. The van der Waals surface area contributed by atoms with Crippen molar-refractivity contribution in [3.8, 4) is 28.7 Å². The molecule has 0 saturated carbocycles. The largest absolute Gasteiger partial charge is 0.507 e. The Morgan fingerprint density at radius 3 is 2.37 bits per heavy atom. The lowest BCUT2D eigenvalue weighted by Gasteiger charge is -2.23. The van der Waals surface area contributed by atoms with Gasteiger partial charge in [0.25, 0.3) is 0 Å². The minimum atomic E-state index is -1.27. The third-order valence-electron chi connectivity index (χ3n) is 4.84. The first-order chi connectivity index (χ1) is 13.9. The number of methoxy groups -OCH3 is 1. The molecule has 0 radical (unpaired) electrons. The van der Waals surface area contributed by atoms with Crippen LogP contribution < -0.4 is 19.5 Å². The number of aromatic carboxylic acids is 1. The molecule has 160 valence electrons. The van der Waals surface area contributed by atoms with Gasteiger partial charge in [-0.15, -0.1) is 0 Å². The molecule has 0 unspecified atom stereocenters. The lowest BCUT2D eigenvalue weighted by molar-refractivity contribution is 0.0685. The summed E-state index contributed by atoms with van der Waals surface area (Å²) in [4.78, 5) is 24.9. The Kier molecular flexibility index (Phi) is 5.38. The van der Waals surface area contributed by atoms with Gasteiger partial charge in [-0.2, -0.15) is 0 Å². The number of phenolic OH excluding ortho intramolecular Hbond substituents is 1. The molecule has 1 aliphatic heterocycles. The number of benzene rings is 2. The van der Waals surface area contributed by atoms with Crippen molar-refractivity contribution in [1.82, 2.24) is 5.32 Å². The Bertz CT molecular complexity index is 1050. The summed E-state index contributed by atoms with van der Waals surface area (Å²) in [5.74, 6) is -1.86. The standard InChI is InChI=1S/C22H25NO7/c1-10-7-14(24)13(9-23-22(3,4)5)18-16(10)21(27)30-17-11(2)15(28-6)8-12(20(25)26)19(17)29-18/h7-8,23-24H,9H2,1-6H3,(H,25,26). The number of esters is 1. The van der Waals surface area contributed by atoms with Crippen LogP contribution in [0.2, 0.25) is 0 Å². The molecule has 0 aliphatic carbocycles. The van der Waals surface area contributed by atoms with E-state index in [1.165, 1.54) is 19.2 Å². The van der Waals surface area contributed by atoms with E-state index in [1.807, 2.05) is 20.8 Å². The summed E-state index contributed by atoms with van der Waals surface area (Å²) in [6, 6.07) is 2.78. The maximum Gasteiger partial charge on any atom is 0.347 e. The van der Waals surface area contributed by atoms with E-state index >= 15 is 0 Å². The van der Waals surface area contributed by atoms with E-state index in [-0.39, 0.29) is 52.0 Å². The van der Waals surface area contributed by atoms with Crippen LogP contribution in [0.4, 0.5) is 0 Å². The van der Waals surface area contributed by atoms with E-state index in [9.17, 15) is 19.8 Å². The van der Waals surface area contributed by atoms with Crippen molar-refractivity contribution in [2.75, 3.05) is 7.11 Å². The normalized spacial score (nSPS) is 12.9. The number of ether oxygens (including phenoxy) is 3. The van der Waals surface area contributed by atoms with Gasteiger partial charge < -0.3 is 29.7 Å². The van der Waals surface area contributed by atoms with Gasteiger partial charge in [-0.1, -0.05) is 0 Å². The van der Waals surface area contributed by atoms with Gasteiger partial charge in [0.1, 0.15) is 22.6 Å². The van der Waals surface area contributed by atoms with Gasteiger partial charge in [0, 0.05) is 17.6 Å². The van der Waals surface area contributed by atoms with Crippen LogP contribution in [0.5, 0.6) is 28.7 Å². The van der Waals surface area contributed by atoms with E-state index in [1.54, 1.807) is 13.8 Å². The molecule has 3 rings (SSSR count). The van der Waals surface area contributed by atoms with Gasteiger partial charge in [0.05, 0.1) is 12.7 Å². The number of nitrogens with one attached hydrogen (secondary N) is 1. The zero-order valence-corrected chi connectivity index (χ0v) is 17.8. The Morgan fingerprint density at radius 2 is 1.80 bits per heavy atom. The Hall–Kier alpha value is -3.26. The minimum Gasteiger partial charge on any atom is -0.507 e. The van der Waals surface area contributed by atoms with Crippen molar-refractivity contribution in [3.63, 3.8) is 0 Å². The fraction of sp³-hybridized carbons (Fsp3) is 0.364. The van der Waals surface area contributed by atoms with Crippen molar-refractivity contribution < 1.29 is 34.0 Å². The zero-order chi connectivity index (χ0) is 22.4. The summed E-state index contributed by atoms with van der Waals surface area (Å²) < 4.78 is 16.8. The third-order valence-corrected chi connectivity index (χ3v) is 4.84. The molecule has 1 heterocycles. The molecule has 1 aliphatic rings. The van der Waals surface area contributed by atoms with Crippen LogP contribution in [0.3, 0.4) is 0 Å². The molecule has 8 heteroatoms. The number of carboxylic acids is 1. The van der Waals surface area contributed by atoms with Crippen LogP contribution in [-0.2, 0) is 6.54 Å². The molecule has 8 nitrogen and oxygen atoms in total. The number of fused-ring (bicyclic) bond motifs is 2. The average molecular weight is 415 g/mol. The zero-order valence-electron chi connectivity index (χ0n) is 17.8. The van der Waals surface area contributed by atoms with Crippen molar-refractivity contribution in [3.05, 3.63) is 39.9 Å². The van der Waals surface area contributed by atoms with Crippen LogP contribution in [0.1, 0.15) is 58.2 Å². The quantitative estimate of drug-likeness (QED) is 0.508. The highest BCUT2D eigenvalue weighted by atomic mass is 16.6. The summed E-state index contributed by atoms with van der Waals surface area (Å²) in [7, 11) is 1.40. The smallest absolute Gasteiger partial charge is 0.347 e. The van der Waals surface area contributed by atoms with Gasteiger partial charge in [-0.05, 0) is 52.3 Å². The van der Waals surface area contributed by atoms with Crippen LogP contribution >= 0.6 is 0 Å². The molecule has 0 bridgehead atoms. The second-order valence-corrected chi connectivity index (χ2v) is 8.21. The Balaban J connectivity index is 2.28. The molecule has 2 aromatic rings. The minimum absolute atomic E-state index is 0.0263. The number of aryl methyl sites for hydroxylation is 1. The first-order valence-electron chi connectivity index (χ1n) is 9.40. The van der Waals surface area contributed by atoms with Crippen molar-refractivity contribution >= 4 is 11.9 Å². The van der Waals surface area contributed by atoms with Crippen LogP contribution in [0.15, 0.2) is 12.1 Å². The number of hydrogen-bond donors (Lipinski definition) is 3. The molecule has 0 aromatic heterocycles. The van der Waals surface area contributed by atoms with E-state index in [0.717, 1.165) is 0 Å². The SMILES string of the molecule is COc1cc(C(=O)O)c2c(c1C)OC(=O)c1c(C)cc(O)c(CNC(C)(C)C)c1O2. The molecule has 2 aromatic carbocycles. The molecule has 0 saturated heterocycles. The fourth-order valence-electron chi connectivity index (χ4n) is 3.25. The predicted molar refractivity (Wildman–Crippen MR) is 109 cm³/mol. The fourth-order valence-corrected chi connectivity index (χ4v) is 3.25. The van der Waals surface area contributed by atoms with E-state index in [4.69, 9.17) is 14.2 Å². The van der Waals surface area contributed by atoms with Gasteiger partial charge in [0.2, 0.25) is 0 Å². The number of carboxylic acid groups (broad SMARTS) is 1. The summed E-state index contributed by atoms with van der Waals surface area (Å²) in [5.41, 5.74) is 0.841. The van der Waals surface area contributed by atoms with E-state index in [0.29, 0.717) is 16.7 Å². The van der Waals surface area contributed by atoms with E-state index in [2.05, 4.69) is 5.32 Å². The first-order valence-corrected chi connectivity index (χ1v) is 9.40. The summed E-state index contributed by atoms with van der Waals surface area (Å²) in [5, 5.41) is 23.5. The number of carbonyl (C=O) groups is 2. The third kappa shape index (κ3) is 3.78.